The fourth-order valence-corrected chi connectivity index (χ4v) is 3.22. The molecule has 0 aliphatic carbocycles. The summed E-state index contributed by atoms with van der Waals surface area (Å²) in [7, 11) is 0. The number of rotatable bonds is 5. The van der Waals surface area contributed by atoms with Gasteiger partial charge in [0.2, 0.25) is 5.43 Å². The number of para-hydroxylation sites is 1. The van der Waals surface area contributed by atoms with E-state index in [0.717, 1.165) is 5.56 Å². The lowest BCUT2D eigenvalue weighted by atomic mass is 10.1. The summed E-state index contributed by atoms with van der Waals surface area (Å²) in [6, 6.07) is 10.2. The van der Waals surface area contributed by atoms with Gasteiger partial charge in [0.25, 0.3) is 0 Å². The Hall–Kier alpha value is -1.92. The van der Waals surface area contributed by atoms with Gasteiger partial charge in [0.15, 0.2) is 11.5 Å². The van der Waals surface area contributed by atoms with E-state index < -0.39 is 17.0 Å². The number of hydrogen-bond acceptors (Lipinski definition) is 4. The summed E-state index contributed by atoms with van der Waals surface area (Å²) in [4.78, 5) is 24.3. The first-order chi connectivity index (χ1) is 11.4. The molecule has 6 heteroatoms. The summed E-state index contributed by atoms with van der Waals surface area (Å²) in [5, 5.41) is 10.0. The van der Waals surface area contributed by atoms with Gasteiger partial charge in [0, 0.05) is 10.0 Å². The summed E-state index contributed by atoms with van der Waals surface area (Å²) in [5.41, 5.74) is 0.00460. The molecule has 2 aromatic carbocycles. The van der Waals surface area contributed by atoms with Crippen LogP contribution in [0.25, 0.3) is 6.08 Å². The average Bonchev–Trinajstić information content (AvgIpc) is 2.66. The van der Waals surface area contributed by atoms with E-state index in [4.69, 9.17) is 4.74 Å². The van der Waals surface area contributed by atoms with E-state index in [1.165, 1.54) is 18.2 Å². The molecule has 0 aromatic heterocycles. The quantitative estimate of drug-likeness (QED) is 0.531. The van der Waals surface area contributed by atoms with Crippen LogP contribution in [0.4, 0.5) is 0 Å². The second-order valence-corrected chi connectivity index (χ2v) is 6.55. The molecule has 24 heavy (non-hydrogen) atoms. The number of carbonyl (C=O) groups is 1. The van der Waals surface area contributed by atoms with Crippen molar-refractivity contribution in [3.05, 3.63) is 72.8 Å². The maximum absolute atomic E-state index is 12.4. The molecule has 0 saturated heterocycles. The maximum Gasteiger partial charge on any atom is 0.235 e. The molecule has 124 valence electrons. The normalized spacial score (nSPS) is 10.8. The Kier molecular flexibility index (Phi) is 6.34. The molecule has 0 spiro atoms. The molecule has 0 amide bonds. The Morgan fingerprint density at radius 3 is 2.67 bits per heavy atom. The van der Waals surface area contributed by atoms with Crippen molar-refractivity contribution in [2.24, 2.45) is 0 Å². The second kappa shape index (κ2) is 8.26. The third-order valence-corrected chi connectivity index (χ3v) is 4.18. The highest BCUT2D eigenvalue weighted by atomic mass is 79.9. The van der Waals surface area contributed by atoms with Crippen LogP contribution in [-0.2, 0) is 0 Å². The van der Waals surface area contributed by atoms with E-state index in [1.807, 2.05) is 25.1 Å². The van der Waals surface area contributed by atoms with Gasteiger partial charge in [-0.05, 0) is 53.2 Å². The number of carbonyl (C=O) groups excluding carboxylic acids is 1. The molecule has 2 rings (SSSR count). The van der Waals surface area contributed by atoms with Crippen LogP contribution in [0, 0.1) is 0 Å². The van der Waals surface area contributed by atoms with Crippen molar-refractivity contribution in [3.8, 4) is 11.5 Å². The van der Waals surface area contributed by atoms with Crippen LogP contribution in [0.1, 0.15) is 22.8 Å². The zero-order valence-electron chi connectivity index (χ0n) is 12.8. The molecule has 4 nitrogen and oxygen atoms in total. The lowest BCUT2D eigenvalue weighted by Crippen LogP contribution is -2.03. The number of ketones is 1. The molecule has 0 heterocycles. The average molecular weight is 454 g/mol. The summed E-state index contributed by atoms with van der Waals surface area (Å²) < 4.78 is 6.15. The van der Waals surface area contributed by atoms with Gasteiger partial charge in [-0.3, -0.25) is 9.59 Å². The van der Waals surface area contributed by atoms with Gasteiger partial charge in [-0.15, -0.1) is 0 Å². The highest BCUT2D eigenvalue weighted by Crippen LogP contribution is 2.23. The van der Waals surface area contributed by atoms with Crippen LogP contribution in [0.3, 0.4) is 0 Å². The first-order valence-electron chi connectivity index (χ1n) is 7.10. The van der Waals surface area contributed by atoms with E-state index in [9.17, 15) is 14.7 Å². The van der Waals surface area contributed by atoms with Gasteiger partial charge in [-0.2, -0.15) is 0 Å². The molecule has 2 aromatic rings. The Labute approximate surface area is 156 Å². The third kappa shape index (κ3) is 4.33. The number of ether oxygens (including phenoxy) is 1. The van der Waals surface area contributed by atoms with Crippen molar-refractivity contribution in [3.63, 3.8) is 0 Å². The SMILES string of the molecule is CCOc1ccccc1C=CC(=O)c1cc(Br)cc(Br)c(=O)c1O. The van der Waals surface area contributed by atoms with Crippen LogP contribution in [-0.4, -0.2) is 17.5 Å². The molecular formula is C18H14Br2O4. The number of hydrogen-bond donors (Lipinski definition) is 1. The summed E-state index contributed by atoms with van der Waals surface area (Å²) in [6.45, 7) is 2.38. The number of halogens is 2. The predicted octanol–water partition coefficient (Wildman–Crippen LogP) is 4.57. The molecule has 1 N–H and O–H groups in total. The first kappa shape index (κ1) is 18.4. The Morgan fingerprint density at radius 2 is 1.96 bits per heavy atom. The van der Waals surface area contributed by atoms with E-state index in [2.05, 4.69) is 31.9 Å². The molecule has 0 fully saturated rings. The van der Waals surface area contributed by atoms with Crippen LogP contribution >= 0.6 is 31.9 Å². The number of benzene rings is 1. The standard InChI is InChI=1S/C18H14Br2O4/c1-2-24-16-6-4-3-5-11(16)7-8-15(21)13-9-12(19)10-14(20)18(23)17(13)22/h3-10H,2H2,1H3,(H,22,23). The van der Waals surface area contributed by atoms with Crippen molar-refractivity contribution in [2.45, 2.75) is 6.92 Å². The van der Waals surface area contributed by atoms with Crippen LogP contribution in [0.15, 0.2) is 56.2 Å². The van der Waals surface area contributed by atoms with E-state index in [0.29, 0.717) is 16.8 Å². The second-order valence-electron chi connectivity index (χ2n) is 4.78. The van der Waals surface area contributed by atoms with Gasteiger partial charge in [-0.25, -0.2) is 0 Å². The molecule has 0 atom stereocenters. The van der Waals surface area contributed by atoms with E-state index in [-0.39, 0.29) is 10.0 Å². The Bertz CT molecular complexity index is 860. The molecule has 0 bridgehead atoms. The predicted molar refractivity (Wildman–Crippen MR) is 101 cm³/mol. The molecule has 0 aliphatic heterocycles. The number of aromatic hydroxyl groups is 1. The summed E-state index contributed by atoms with van der Waals surface area (Å²) in [5.74, 6) is -0.430. The highest BCUT2D eigenvalue weighted by Gasteiger charge is 2.13. The molecule has 0 unspecified atom stereocenters. The zero-order valence-corrected chi connectivity index (χ0v) is 15.9. The third-order valence-electron chi connectivity index (χ3n) is 3.13. The fourth-order valence-electron chi connectivity index (χ4n) is 2.02. The lowest BCUT2D eigenvalue weighted by Gasteiger charge is -2.06. The van der Waals surface area contributed by atoms with Gasteiger partial charge in [0.1, 0.15) is 5.75 Å². The van der Waals surface area contributed by atoms with E-state index >= 15 is 0 Å². The fraction of sp³-hybridized carbons (Fsp3) is 0.111. The van der Waals surface area contributed by atoms with Crippen LogP contribution in [0.5, 0.6) is 11.5 Å². The summed E-state index contributed by atoms with van der Waals surface area (Å²) in [6.07, 6.45) is 2.89. The Balaban J connectivity index is 2.42. The van der Waals surface area contributed by atoms with Crippen LogP contribution < -0.4 is 10.2 Å². The van der Waals surface area contributed by atoms with Gasteiger partial charge < -0.3 is 9.84 Å². The molecule has 0 saturated carbocycles. The molecule has 0 radical (unpaired) electrons. The topological polar surface area (TPSA) is 63.6 Å². The smallest absolute Gasteiger partial charge is 0.235 e. The van der Waals surface area contributed by atoms with Crippen LogP contribution in [0.2, 0.25) is 0 Å². The lowest BCUT2D eigenvalue weighted by molar-refractivity contribution is 0.104. The molecular weight excluding hydrogens is 440 g/mol. The molecule has 0 aliphatic rings. The maximum atomic E-state index is 12.4. The monoisotopic (exact) mass is 452 g/mol. The largest absolute Gasteiger partial charge is 0.504 e. The summed E-state index contributed by atoms with van der Waals surface area (Å²) >= 11 is 6.30. The van der Waals surface area contributed by atoms with Crippen molar-refractivity contribution in [1.29, 1.82) is 0 Å². The van der Waals surface area contributed by atoms with Gasteiger partial charge in [0.05, 0.1) is 16.6 Å². The first-order valence-corrected chi connectivity index (χ1v) is 8.69. The Morgan fingerprint density at radius 1 is 1.25 bits per heavy atom. The minimum Gasteiger partial charge on any atom is -0.504 e. The van der Waals surface area contributed by atoms with Crippen molar-refractivity contribution >= 4 is 43.7 Å². The minimum atomic E-state index is -0.646. The van der Waals surface area contributed by atoms with Crippen molar-refractivity contribution < 1.29 is 14.6 Å². The van der Waals surface area contributed by atoms with Crippen molar-refractivity contribution in [1.82, 2.24) is 0 Å². The number of allylic oxidation sites excluding steroid dienone is 1. The van der Waals surface area contributed by atoms with Gasteiger partial charge in [-0.1, -0.05) is 34.1 Å². The van der Waals surface area contributed by atoms with Gasteiger partial charge >= 0.3 is 0 Å². The highest BCUT2D eigenvalue weighted by molar-refractivity contribution is 9.11. The van der Waals surface area contributed by atoms with Crippen molar-refractivity contribution in [2.75, 3.05) is 6.61 Å². The minimum absolute atomic E-state index is 0.0808. The zero-order chi connectivity index (χ0) is 17.7. The van der Waals surface area contributed by atoms with E-state index in [1.54, 1.807) is 12.1 Å².